The molecule has 0 amide bonds. The summed E-state index contributed by atoms with van der Waals surface area (Å²) in [5.41, 5.74) is 3.29. The number of hydrogen-bond acceptors (Lipinski definition) is 2. The lowest BCUT2D eigenvalue weighted by Gasteiger charge is -2.18. The molecule has 0 bridgehead atoms. The Morgan fingerprint density at radius 3 is 2.15 bits per heavy atom. The molecular weight excluding hydrogens is 289 g/mol. The second-order valence-electron chi connectivity index (χ2n) is 4.27. The number of hydrazine groups is 1. The van der Waals surface area contributed by atoms with Crippen molar-refractivity contribution in [3.8, 4) is 0 Å². The lowest BCUT2D eigenvalue weighted by atomic mass is 9.98. The molecule has 106 valence electrons. The van der Waals surface area contributed by atoms with Crippen LogP contribution < -0.4 is 11.3 Å². The molecule has 1 unspecified atom stereocenters. The maximum absolute atomic E-state index is 12.5. The van der Waals surface area contributed by atoms with Gasteiger partial charge in [0.1, 0.15) is 0 Å². The molecule has 0 heterocycles. The van der Waals surface area contributed by atoms with Gasteiger partial charge in [-0.15, -0.1) is 0 Å². The molecule has 1 atom stereocenters. The van der Waals surface area contributed by atoms with E-state index < -0.39 is 17.8 Å². The normalized spacial score (nSPS) is 13.2. The molecule has 0 fully saturated rings. The highest BCUT2D eigenvalue weighted by Crippen LogP contribution is 2.31. The molecular formula is C14H12ClF3N2. The molecule has 0 aliphatic carbocycles. The minimum Gasteiger partial charge on any atom is -0.271 e. The molecule has 3 N–H and O–H groups in total. The van der Waals surface area contributed by atoms with E-state index in [1.54, 1.807) is 24.3 Å². The van der Waals surface area contributed by atoms with E-state index in [0.717, 1.165) is 17.7 Å². The minimum atomic E-state index is -4.35. The summed E-state index contributed by atoms with van der Waals surface area (Å²) in [4.78, 5) is 0. The summed E-state index contributed by atoms with van der Waals surface area (Å²) in [6.07, 6.45) is -4.35. The maximum atomic E-state index is 12.5. The first-order valence-electron chi connectivity index (χ1n) is 5.80. The molecule has 0 spiro atoms. The van der Waals surface area contributed by atoms with Crippen molar-refractivity contribution in [2.45, 2.75) is 12.2 Å². The van der Waals surface area contributed by atoms with Crippen LogP contribution in [0, 0.1) is 0 Å². The Labute approximate surface area is 119 Å². The van der Waals surface area contributed by atoms with Crippen LogP contribution in [0.25, 0.3) is 0 Å². The van der Waals surface area contributed by atoms with Gasteiger partial charge in [0.25, 0.3) is 0 Å². The number of hydrogen-bond donors (Lipinski definition) is 2. The second-order valence-corrected chi connectivity index (χ2v) is 4.71. The van der Waals surface area contributed by atoms with Gasteiger partial charge in [0.2, 0.25) is 0 Å². The van der Waals surface area contributed by atoms with Gasteiger partial charge in [0.15, 0.2) is 0 Å². The fourth-order valence-electron chi connectivity index (χ4n) is 1.94. The molecule has 6 heteroatoms. The van der Waals surface area contributed by atoms with Gasteiger partial charge in [-0.2, -0.15) is 13.2 Å². The molecule has 0 aliphatic rings. The Morgan fingerprint density at radius 2 is 1.65 bits per heavy atom. The van der Waals surface area contributed by atoms with Crippen LogP contribution >= 0.6 is 11.6 Å². The van der Waals surface area contributed by atoms with Crippen molar-refractivity contribution >= 4 is 11.6 Å². The fourth-order valence-corrected chi connectivity index (χ4v) is 2.13. The average Bonchev–Trinajstić information content (AvgIpc) is 2.39. The van der Waals surface area contributed by atoms with Gasteiger partial charge < -0.3 is 0 Å². The molecule has 0 saturated heterocycles. The molecule has 2 nitrogen and oxygen atoms in total. The Morgan fingerprint density at radius 1 is 1.00 bits per heavy atom. The molecule has 20 heavy (non-hydrogen) atoms. The largest absolute Gasteiger partial charge is 0.416 e. The number of nitrogens with one attached hydrogen (secondary N) is 1. The Hall–Kier alpha value is -1.56. The van der Waals surface area contributed by atoms with Crippen LogP contribution in [-0.2, 0) is 6.18 Å². The Balaban J connectivity index is 2.33. The van der Waals surface area contributed by atoms with E-state index in [4.69, 9.17) is 17.4 Å². The molecule has 0 saturated carbocycles. The molecule has 2 aromatic rings. The zero-order valence-corrected chi connectivity index (χ0v) is 11.0. The summed E-state index contributed by atoms with van der Waals surface area (Å²) < 4.78 is 37.6. The number of nitrogens with two attached hydrogens (primary N) is 1. The van der Waals surface area contributed by atoms with Crippen LogP contribution in [0.3, 0.4) is 0 Å². The fraction of sp³-hybridized carbons (Fsp3) is 0.143. The van der Waals surface area contributed by atoms with Crippen LogP contribution in [0.2, 0.25) is 5.02 Å². The van der Waals surface area contributed by atoms with E-state index >= 15 is 0 Å². The number of halogens is 4. The monoisotopic (exact) mass is 300 g/mol. The van der Waals surface area contributed by atoms with Gasteiger partial charge in [-0.1, -0.05) is 35.9 Å². The van der Waals surface area contributed by atoms with Crippen LogP contribution in [0.1, 0.15) is 22.7 Å². The van der Waals surface area contributed by atoms with Crippen molar-refractivity contribution in [2.24, 2.45) is 5.84 Å². The third-order valence-electron chi connectivity index (χ3n) is 2.92. The topological polar surface area (TPSA) is 38.0 Å². The predicted octanol–water partition coefficient (Wildman–Crippen LogP) is 3.91. The number of rotatable bonds is 3. The highest BCUT2D eigenvalue weighted by Gasteiger charge is 2.30. The molecule has 0 aromatic heterocycles. The first-order valence-corrected chi connectivity index (χ1v) is 6.18. The summed E-state index contributed by atoms with van der Waals surface area (Å²) in [6, 6.07) is 11.4. The van der Waals surface area contributed by atoms with E-state index in [-0.39, 0.29) is 0 Å². The summed E-state index contributed by atoms with van der Waals surface area (Å²) in [6.45, 7) is 0. The maximum Gasteiger partial charge on any atom is 0.416 e. The lowest BCUT2D eigenvalue weighted by molar-refractivity contribution is -0.137. The number of alkyl halides is 3. The SMILES string of the molecule is NNC(c1ccc(C(F)(F)F)cc1)c1cccc(Cl)c1. The Bertz CT molecular complexity index is 582. The third-order valence-corrected chi connectivity index (χ3v) is 3.16. The van der Waals surface area contributed by atoms with E-state index in [2.05, 4.69) is 5.43 Å². The van der Waals surface area contributed by atoms with Gasteiger partial charge in [-0.25, -0.2) is 5.43 Å². The van der Waals surface area contributed by atoms with Crippen molar-refractivity contribution < 1.29 is 13.2 Å². The van der Waals surface area contributed by atoms with Crippen molar-refractivity contribution in [3.05, 3.63) is 70.2 Å². The smallest absolute Gasteiger partial charge is 0.271 e. The zero-order valence-electron chi connectivity index (χ0n) is 10.3. The Kier molecular flexibility index (Phi) is 4.32. The molecule has 2 rings (SSSR count). The summed E-state index contributed by atoms with van der Waals surface area (Å²) in [5.74, 6) is 5.50. The van der Waals surface area contributed by atoms with Crippen LogP contribution in [0.4, 0.5) is 13.2 Å². The standard InChI is InChI=1S/C14H12ClF3N2/c15-12-3-1-2-10(8-12)13(20-19)9-4-6-11(7-5-9)14(16,17)18/h1-8,13,20H,19H2. The van der Waals surface area contributed by atoms with Crippen molar-refractivity contribution in [1.29, 1.82) is 0 Å². The second kappa shape index (κ2) is 5.83. The highest BCUT2D eigenvalue weighted by molar-refractivity contribution is 6.30. The van der Waals surface area contributed by atoms with E-state index in [1.165, 1.54) is 12.1 Å². The van der Waals surface area contributed by atoms with Crippen molar-refractivity contribution in [1.82, 2.24) is 5.43 Å². The number of benzene rings is 2. The lowest BCUT2D eigenvalue weighted by Crippen LogP contribution is -2.28. The first-order chi connectivity index (χ1) is 9.41. The van der Waals surface area contributed by atoms with Gasteiger partial charge in [-0.05, 0) is 35.4 Å². The van der Waals surface area contributed by atoms with E-state index in [1.807, 2.05) is 0 Å². The van der Waals surface area contributed by atoms with Crippen LogP contribution in [0.15, 0.2) is 48.5 Å². The first kappa shape index (κ1) is 14.8. The minimum absolute atomic E-state index is 0.420. The van der Waals surface area contributed by atoms with Gasteiger partial charge in [0, 0.05) is 5.02 Å². The quantitative estimate of drug-likeness (QED) is 0.666. The summed E-state index contributed by atoms with van der Waals surface area (Å²) in [5, 5.41) is 0.537. The van der Waals surface area contributed by atoms with Crippen LogP contribution in [-0.4, -0.2) is 0 Å². The van der Waals surface area contributed by atoms with Crippen LogP contribution in [0.5, 0.6) is 0 Å². The summed E-state index contributed by atoms with van der Waals surface area (Å²) in [7, 11) is 0. The molecule has 0 radical (unpaired) electrons. The molecule has 2 aromatic carbocycles. The average molecular weight is 301 g/mol. The third kappa shape index (κ3) is 3.30. The predicted molar refractivity (Wildman–Crippen MR) is 72.1 cm³/mol. The van der Waals surface area contributed by atoms with Crippen molar-refractivity contribution in [3.63, 3.8) is 0 Å². The summed E-state index contributed by atoms with van der Waals surface area (Å²) >= 11 is 5.90. The van der Waals surface area contributed by atoms with E-state index in [9.17, 15) is 13.2 Å². The van der Waals surface area contributed by atoms with E-state index in [0.29, 0.717) is 10.6 Å². The van der Waals surface area contributed by atoms with Gasteiger partial charge in [-0.3, -0.25) is 5.84 Å². The highest BCUT2D eigenvalue weighted by atomic mass is 35.5. The van der Waals surface area contributed by atoms with Crippen molar-refractivity contribution in [2.75, 3.05) is 0 Å². The zero-order chi connectivity index (χ0) is 14.8. The molecule has 0 aliphatic heterocycles. The van der Waals surface area contributed by atoms with Gasteiger partial charge >= 0.3 is 6.18 Å². The van der Waals surface area contributed by atoms with Gasteiger partial charge in [0.05, 0.1) is 11.6 Å².